The lowest BCUT2D eigenvalue weighted by atomic mass is 9.99. The minimum atomic E-state index is -0.216. The third-order valence-electron chi connectivity index (χ3n) is 4.61. The molecule has 2 rings (SSSR count). The molecule has 2 atom stereocenters. The summed E-state index contributed by atoms with van der Waals surface area (Å²) in [6, 6.07) is -0.145. The summed E-state index contributed by atoms with van der Waals surface area (Å²) in [7, 11) is 1.71. The number of likely N-dealkylation sites (tertiary alicyclic amines) is 2. The van der Waals surface area contributed by atoms with Crippen LogP contribution >= 0.6 is 0 Å². The van der Waals surface area contributed by atoms with E-state index >= 15 is 0 Å². The van der Waals surface area contributed by atoms with E-state index in [4.69, 9.17) is 10.5 Å². The smallest absolute Gasteiger partial charge is 0.234 e. The van der Waals surface area contributed by atoms with Crippen molar-refractivity contribution in [2.24, 2.45) is 11.7 Å². The molecule has 0 bridgehead atoms. The molecule has 19 heavy (non-hydrogen) atoms. The highest BCUT2D eigenvalue weighted by atomic mass is 16.5. The molecule has 0 saturated carbocycles. The summed E-state index contributed by atoms with van der Waals surface area (Å²) in [5, 5.41) is 0. The molecule has 2 aliphatic rings. The zero-order valence-corrected chi connectivity index (χ0v) is 12.2. The molecule has 2 N–H and O–H groups in total. The van der Waals surface area contributed by atoms with Crippen molar-refractivity contribution in [3.05, 3.63) is 0 Å². The first-order chi connectivity index (χ1) is 9.10. The second-order valence-corrected chi connectivity index (χ2v) is 6.03. The lowest BCUT2D eigenvalue weighted by molar-refractivity contribution is -0.122. The normalized spacial score (nSPS) is 30.8. The summed E-state index contributed by atoms with van der Waals surface area (Å²) in [5.74, 6) is 0.645. The number of rotatable bonds is 5. The van der Waals surface area contributed by atoms with Crippen molar-refractivity contribution in [3.8, 4) is 0 Å². The largest absolute Gasteiger partial charge is 0.380 e. The fourth-order valence-electron chi connectivity index (χ4n) is 3.13. The molecular formula is C14H27N3O2. The molecule has 0 aromatic carbocycles. The first-order valence-electron chi connectivity index (χ1n) is 7.38. The molecular weight excluding hydrogens is 242 g/mol. The van der Waals surface area contributed by atoms with Crippen LogP contribution in [0.25, 0.3) is 0 Å². The molecule has 0 aromatic rings. The zero-order chi connectivity index (χ0) is 13.8. The Labute approximate surface area is 116 Å². The second kappa shape index (κ2) is 6.68. The Balaban J connectivity index is 1.79. The van der Waals surface area contributed by atoms with Crippen LogP contribution in [0.4, 0.5) is 0 Å². The predicted octanol–water partition coefficient (Wildman–Crippen LogP) is 0.293. The molecule has 0 radical (unpaired) electrons. The first kappa shape index (κ1) is 14.8. The molecule has 2 heterocycles. The number of carbonyl (C=O) groups excluding carboxylic acids is 1. The van der Waals surface area contributed by atoms with Crippen molar-refractivity contribution in [2.75, 3.05) is 39.8 Å². The molecule has 5 nitrogen and oxygen atoms in total. The maximum Gasteiger partial charge on any atom is 0.234 e. The number of piperidine rings is 1. The van der Waals surface area contributed by atoms with Crippen LogP contribution in [0.3, 0.4) is 0 Å². The number of hydrogen-bond acceptors (Lipinski definition) is 4. The van der Waals surface area contributed by atoms with Crippen molar-refractivity contribution < 1.29 is 9.53 Å². The Kier molecular flexibility index (Phi) is 5.19. The lowest BCUT2D eigenvalue weighted by Gasteiger charge is -2.32. The number of ether oxygens (including phenoxy) is 1. The van der Waals surface area contributed by atoms with Crippen LogP contribution in [-0.2, 0) is 9.53 Å². The monoisotopic (exact) mass is 269 g/mol. The summed E-state index contributed by atoms with van der Waals surface area (Å²) < 4.78 is 5.36. The van der Waals surface area contributed by atoms with Gasteiger partial charge in [-0.25, -0.2) is 0 Å². The Hall–Kier alpha value is -0.650. The van der Waals surface area contributed by atoms with Crippen LogP contribution in [-0.4, -0.2) is 67.7 Å². The minimum Gasteiger partial charge on any atom is -0.380 e. The van der Waals surface area contributed by atoms with Crippen molar-refractivity contribution in [3.63, 3.8) is 0 Å². The Bertz CT molecular complexity index is 303. The van der Waals surface area contributed by atoms with E-state index < -0.39 is 0 Å². The molecule has 2 fully saturated rings. The highest BCUT2D eigenvalue weighted by Crippen LogP contribution is 2.20. The van der Waals surface area contributed by atoms with Gasteiger partial charge in [-0.2, -0.15) is 0 Å². The fourth-order valence-corrected chi connectivity index (χ4v) is 3.13. The summed E-state index contributed by atoms with van der Waals surface area (Å²) in [4.78, 5) is 16.2. The van der Waals surface area contributed by atoms with E-state index in [-0.39, 0.29) is 18.1 Å². The van der Waals surface area contributed by atoms with Crippen molar-refractivity contribution >= 4 is 5.91 Å². The third kappa shape index (κ3) is 3.91. The van der Waals surface area contributed by atoms with Gasteiger partial charge in [-0.05, 0) is 38.3 Å². The van der Waals surface area contributed by atoms with E-state index in [0.29, 0.717) is 0 Å². The molecule has 5 heteroatoms. The Morgan fingerprint density at radius 1 is 1.32 bits per heavy atom. The highest BCUT2D eigenvalue weighted by molar-refractivity contribution is 5.80. The SMILES string of the molecule is CO[C@H]1C[C@@H](C(N)=O)N(CCN2CCC(C)CC2)C1. The van der Waals surface area contributed by atoms with Crippen LogP contribution in [0.2, 0.25) is 0 Å². The van der Waals surface area contributed by atoms with Gasteiger partial charge in [0.25, 0.3) is 0 Å². The van der Waals surface area contributed by atoms with Crippen LogP contribution in [0.5, 0.6) is 0 Å². The van der Waals surface area contributed by atoms with Crippen LogP contribution in [0.1, 0.15) is 26.2 Å². The molecule has 2 aliphatic heterocycles. The number of nitrogens with zero attached hydrogens (tertiary/aromatic N) is 2. The van der Waals surface area contributed by atoms with Gasteiger partial charge in [-0.3, -0.25) is 9.69 Å². The summed E-state index contributed by atoms with van der Waals surface area (Å²) in [6.45, 7) is 7.47. The van der Waals surface area contributed by atoms with Gasteiger partial charge >= 0.3 is 0 Å². The Morgan fingerprint density at radius 2 is 2.00 bits per heavy atom. The number of carbonyl (C=O) groups is 1. The zero-order valence-electron chi connectivity index (χ0n) is 12.2. The molecule has 0 unspecified atom stereocenters. The van der Waals surface area contributed by atoms with Crippen LogP contribution in [0.15, 0.2) is 0 Å². The average Bonchev–Trinajstić information content (AvgIpc) is 2.81. The number of amides is 1. The standard InChI is InChI=1S/C14H27N3O2/c1-11-3-5-16(6-4-11)7-8-17-10-12(19-2)9-13(17)14(15)18/h11-13H,3-10H2,1-2H3,(H2,15,18)/t12-,13-/m0/s1. The lowest BCUT2D eigenvalue weighted by Crippen LogP contribution is -2.45. The van der Waals surface area contributed by atoms with Gasteiger partial charge in [0.15, 0.2) is 0 Å². The topological polar surface area (TPSA) is 58.8 Å². The maximum atomic E-state index is 11.5. The maximum absolute atomic E-state index is 11.5. The van der Waals surface area contributed by atoms with Crippen molar-refractivity contribution in [1.82, 2.24) is 9.80 Å². The Morgan fingerprint density at radius 3 is 2.58 bits per heavy atom. The molecule has 0 spiro atoms. The summed E-state index contributed by atoms with van der Waals surface area (Å²) >= 11 is 0. The quantitative estimate of drug-likeness (QED) is 0.779. The molecule has 1 amide bonds. The molecule has 0 aliphatic carbocycles. The molecule has 0 aromatic heterocycles. The highest BCUT2D eigenvalue weighted by Gasteiger charge is 2.35. The summed E-state index contributed by atoms with van der Waals surface area (Å²) in [6.07, 6.45) is 3.47. The molecule has 110 valence electrons. The van der Waals surface area contributed by atoms with Gasteiger partial charge in [0.1, 0.15) is 0 Å². The number of nitrogens with two attached hydrogens (primary N) is 1. The van der Waals surface area contributed by atoms with E-state index in [1.165, 1.54) is 25.9 Å². The van der Waals surface area contributed by atoms with E-state index in [0.717, 1.165) is 32.0 Å². The fraction of sp³-hybridized carbons (Fsp3) is 0.929. The summed E-state index contributed by atoms with van der Waals surface area (Å²) in [5.41, 5.74) is 5.48. The third-order valence-corrected chi connectivity index (χ3v) is 4.61. The van der Waals surface area contributed by atoms with Gasteiger partial charge in [0.05, 0.1) is 12.1 Å². The number of methoxy groups -OCH3 is 1. The van der Waals surface area contributed by atoms with Crippen molar-refractivity contribution in [2.45, 2.75) is 38.3 Å². The van der Waals surface area contributed by atoms with Gasteiger partial charge in [0.2, 0.25) is 5.91 Å². The van der Waals surface area contributed by atoms with E-state index in [9.17, 15) is 4.79 Å². The van der Waals surface area contributed by atoms with Crippen LogP contribution in [0, 0.1) is 5.92 Å². The minimum absolute atomic E-state index is 0.145. The van der Waals surface area contributed by atoms with Gasteiger partial charge in [-0.1, -0.05) is 6.92 Å². The van der Waals surface area contributed by atoms with E-state index in [1.807, 2.05) is 0 Å². The van der Waals surface area contributed by atoms with Gasteiger partial charge < -0.3 is 15.4 Å². The predicted molar refractivity (Wildman–Crippen MR) is 74.8 cm³/mol. The number of primary amides is 1. The van der Waals surface area contributed by atoms with Gasteiger partial charge in [0, 0.05) is 26.7 Å². The second-order valence-electron chi connectivity index (χ2n) is 6.03. The van der Waals surface area contributed by atoms with Gasteiger partial charge in [-0.15, -0.1) is 0 Å². The van der Waals surface area contributed by atoms with Crippen molar-refractivity contribution in [1.29, 1.82) is 0 Å². The molecule has 2 saturated heterocycles. The van der Waals surface area contributed by atoms with E-state index in [2.05, 4.69) is 16.7 Å². The first-order valence-corrected chi connectivity index (χ1v) is 7.38. The van der Waals surface area contributed by atoms with Crippen LogP contribution < -0.4 is 5.73 Å². The number of hydrogen-bond donors (Lipinski definition) is 1. The average molecular weight is 269 g/mol. The van der Waals surface area contributed by atoms with E-state index in [1.54, 1.807) is 7.11 Å².